The number of nitrogens with zero attached hydrogens (tertiary/aromatic N) is 2. The van der Waals surface area contributed by atoms with Gasteiger partial charge in [0.25, 0.3) is 0 Å². The Kier molecular flexibility index (Phi) is 5.79. The maximum Gasteiger partial charge on any atom is 0.203 e. The minimum absolute atomic E-state index is 0.162. The summed E-state index contributed by atoms with van der Waals surface area (Å²) < 4.78 is 16.3. The SMILES string of the molecule is COc1cc(-c2cnc3[nH]cc(C(O)C4(C)CCSCC4)c3n2)cc(OC)c1OC. The molecule has 0 radical (unpaired) electrons. The summed E-state index contributed by atoms with van der Waals surface area (Å²) >= 11 is 1.94. The lowest BCUT2D eigenvalue weighted by molar-refractivity contribution is 0.0305. The largest absolute Gasteiger partial charge is 0.493 e. The number of aliphatic hydroxyl groups is 1. The number of rotatable bonds is 6. The van der Waals surface area contributed by atoms with Crippen LogP contribution in [-0.4, -0.2) is 52.9 Å². The molecule has 2 aromatic heterocycles. The second kappa shape index (κ2) is 8.35. The van der Waals surface area contributed by atoms with Crippen LogP contribution in [0.4, 0.5) is 0 Å². The third-order valence-electron chi connectivity index (χ3n) is 5.96. The molecule has 0 amide bonds. The molecule has 8 heteroatoms. The summed E-state index contributed by atoms with van der Waals surface area (Å²) in [6.45, 7) is 2.16. The number of ether oxygens (including phenoxy) is 3. The minimum atomic E-state index is -0.600. The first-order chi connectivity index (χ1) is 14.5. The number of hydrogen-bond donors (Lipinski definition) is 2. The fraction of sp³-hybridized carbons (Fsp3) is 0.455. The van der Waals surface area contributed by atoms with Crippen molar-refractivity contribution >= 4 is 22.9 Å². The Labute approximate surface area is 180 Å². The lowest BCUT2D eigenvalue weighted by Crippen LogP contribution is -2.30. The van der Waals surface area contributed by atoms with Gasteiger partial charge in [0.05, 0.1) is 39.3 Å². The van der Waals surface area contributed by atoms with Crippen LogP contribution in [0.2, 0.25) is 0 Å². The lowest BCUT2D eigenvalue weighted by atomic mass is 9.76. The summed E-state index contributed by atoms with van der Waals surface area (Å²) in [7, 11) is 4.74. The van der Waals surface area contributed by atoms with Crippen molar-refractivity contribution in [1.29, 1.82) is 0 Å². The zero-order valence-corrected chi connectivity index (χ0v) is 18.5. The highest BCUT2D eigenvalue weighted by Gasteiger charge is 2.37. The molecule has 1 aliphatic heterocycles. The Morgan fingerprint density at radius 3 is 2.37 bits per heavy atom. The normalized spacial score (nSPS) is 17.0. The van der Waals surface area contributed by atoms with E-state index in [-0.39, 0.29) is 5.41 Å². The number of aliphatic hydroxyl groups excluding tert-OH is 1. The van der Waals surface area contributed by atoms with Crippen molar-refractivity contribution in [2.24, 2.45) is 5.41 Å². The Morgan fingerprint density at radius 1 is 1.10 bits per heavy atom. The molecule has 0 spiro atoms. The number of benzene rings is 1. The smallest absolute Gasteiger partial charge is 0.203 e. The number of thioether (sulfide) groups is 1. The van der Waals surface area contributed by atoms with Crippen molar-refractivity contribution in [3.05, 3.63) is 30.1 Å². The van der Waals surface area contributed by atoms with Gasteiger partial charge < -0.3 is 24.3 Å². The zero-order chi connectivity index (χ0) is 21.3. The number of nitrogens with one attached hydrogen (secondary N) is 1. The average Bonchev–Trinajstić information content (AvgIpc) is 3.21. The Balaban J connectivity index is 1.78. The first-order valence-corrected chi connectivity index (χ1v) is 11.1. The molecule has 2 N–H and O–H groups in total. The molecule has 1 fully saturated rings. The van der Waals surface area contributed by atoms with E-state index in [1.165, 1.54) is 0 Å². The zero-order valence-electron chi connectivity index (χ0n) is 17.7. The van der Waals surface area contributed by atoms with Gasteiger partial charge in [0.2, 0.25) is 5.75 Å². The van der Waals surface area contributed by atoms with E-state index in [9.17, 15) is 5.11 Å². The Hall–Kier alpha value is -2.45. The summed E-state index contributed by atoms with van der Waals surface area (Å²) in [4.78, 5) is 12.5. The van der Waals surface area contributed by atoms with Crippen molar-refractivity contribution in [3.63, 3.8) is 0 Å². The number of H-pyrrole nitrogens is 1. The predicted molar refractivity (Wildman–Crippen MR) is 119 cm³/mol. The second-order valence-electron chi connectivity index (χ2n) is 7.78. The molecule has 1 aliphatic rings. The standard InChI is InChI=1S/C22H27N3O4S/c1-22(5-7-30-8-6-22)20(26)14-11-23-21-18(14)25-15(12-24-21)13-9-16(27-2)19(29-4)17(10-13)28-3/h9-12,20,26H,5-8H2,1-4H3,(H,23,24). The number of hydrogen-bond acceptors (Lipinski definition) is 7. The molecule has 4 rings (SSSR count). The van der Waals surface area contributed by atoms with E-state index in [0.29, 0.717) is 34.1 Å². The van der Waals surface area contributed by atoms with Gasteiger partial charge in [0.1, 0.15) is 5.52 Å². The molecule has 1 saturated heterocycles. The highest BCUT2D eigenvalue weighted by atomic mass is 32.2. The fourth-order valence-electron chi connectivity index (χ4n) is 3.97. The first kappa shape index (κ1) is 20.8. The number of fused-ring (bicyclic) bond motifs is 1. The van der Waals surface area contributed by atoms with Gasteiger partial charge in [-0.25, -0.2) is 9.97 Å². The van der Waals surface area contributed by atoms with Crippen LogP contribution in [0.1, 0.15) is 31.4 Å². The fourth-order valence-corrected chi connectivity index (χ4v) is 5.40. The maximum absolute atomic E-state index is 11.2. The third-order valence-corrected chi connectivity index (χ3v) is 6.95. The number of methoxy groups -OCH3 is 3. The quantitative estimate of drug-likeness (QED) is 0.606. The molecule has 7 nitrogen and oxygen atoms in total. The summed E-state index contributed by atoms with van der Waals surface area (Å²) in [5.41, 5.74) is 3.44. The van der Waals surface area contributed by atoms with E-state index in [1.807, 2.05) is 30.1 Å². The summed E-state index contributed by atoms with van der Waals surface area (Å²) in [5, 5.41) is 11.2. The third kappa shape index (κ3) is 3.58. The lowest BCUT2D eigenvalue weighted by Gasteiger charge is -2.37. The van der Waals surface area contributed by atoms with Crippen molar-refractivity contribution < 1.29 is 19.3 Å². The maximum atomic E-state index is 11.2. The predicted octanol–water partition coefficient (Wildman–Crippen LogP) is 4.22. The summed E-state index contributed by atoms with van der Waals surface area (Å²) in [6, 6.07) is 3.69. The van der Waals surface area contributed by atoms with Crippen LogP contribution in [-0.2, 0) is 0 Å². The molecule has 160 valence electrons. The van der Waals surface area contributed by atoms with Crippen LogP contribution in [0.5, 0.6) is 17.2 Å². The van der Waals surface area contributed by atoms with E-state index in [0.717, 1.165) is 35.5 Å². The van der Waals surface area contributed by atoms with E-state index < -0.39 is 6.10 Å². The van der Waals surface area contributed by atoms with Crippen molar-refractivity contribution in [2.45, 2.75) is 25.9 Å². The van der Waals surface area contributed by atoms with Crippen LogP contribution >= 0.6 is 11.8 Å². The molecular weight excluding hydrogens is 402 g/mol. The van der Waals surface area contributed by atoms with Crippen LogP contribution in [0.25, 0.3) is 22.4 Å². The molecule has 0 saturated carbocycles. The topological polar surface area (TPSA) is 89.5 Å². The molecule has 3 aromatic rings. The van der Waals surface area contributed by atoms with Gasteiger partial charge in [-0.1, -0.05) is 6.92 Å². The van der Waals surface area contributed by atoms with Gasteiger partial charge in [0.15, 0.2) is 17.1 Å². The highest BCUT2D eigenvalue weighted by Crippen LogP contribution is 2.46. The van der Waals surface area contributed by atoms with E-state index >= 15 is 0 Å². The van der Waals surface area contributed by atoms with Crippen molar-refractivity contribution in [3.8, 4) is 28.5 Å². The molecule has 0 bridgehead atoms. The second-order valence-corrected chi connectivity index (χ2v) is 9.00. The van der Waals surface area contributed by atoms with Crippen LogP contribution < -0.4 is 14.2 Å². The van der Waals surface area contributed by atoms with Gasteiger partial charge >= 0.3 is 0 Å². The molecule has 1 aromatic carbocycles. The number of aromatic amines is 1. The molecule has 30 heavy (non-hydrogen) atoms. The van der Waals surface area contributed by atoms with Gasteiger partial charge in [-0.3, -0.25) is 0 Å². The van der Waals surface area contributed by atoms with Crippen molar-refractivity contribution in [2.75, 3.05) is 32.8 Å². The molecule has 3 heterocycles. The highest BCUT2D eigenvalue weighted by molar-refractivity contribution is 7.99. The van der Waals surface area contributed by atoms with E-state index in [4.69, 9.17) is 19.2 Å². The van der Waals surface area contributed by atoms with Gasteiger partial charge in [-0.05, 0) is 41.9 Å². The van der Waals surface area contributed by atoms with Gasteiger partial charge in [-0.15, -0.1) is 0 Å². The van der Waals surface area contributed by atoms with Crippen LogP contribution in [0.15, 0.2) is 24.5 Å². The Bertz CT molecular complexity index is 1020. The number of aromatic nitrogens is 3. The summed E-state index contributed by atoms with van der Waals surface area (Å²) in [6.07, 6.45) is 4.89. The Morgan fingerprint density at radius 2 is 1.77 bits per heavy atom. The molecular formula is C22H27N3O4S. The average molecular weight is 430 g/mol. The monoisotopic (exact) mass is 429 g/mol. The summed E-state index contributed by atoms with van der Waals surface area (Å²) in [5.74, 6) is 3.76. The minimum Gasteiger partial charge on any atom is -0.493 e. The van der Waals surface area contributed by atoms with Gasteiger partial charge in [-0.2, -0.15) is 11.8 Å². The van der Waals surface area contributed by atoms with Gasteiger partial charge in [0, 0.05) is 17.3 Å². The molecule has 1 atom stereocenters. The van der Waals surface area contributed by atoms with Crippen molar-refractivity contribution in [1.82, 2.24) is 15.0 Å². The van der Waals surface area contributed by atoms with Crippen LogP contribution in [0, 0.1) is 5.41 Å². The first-order valence-electron chi connectivity index (χ1n) is 9.91. The molecule has 1 unspecified atom stereocenters. The van der Waals surface area contributed by atoms with Crippen LogP contribution in [0.3, 0.4) is 0 Å². The van der Waals surface area contributed by atoms with E-state index in [1.54, 1.807) is 27.5 Å². The molecule has 0 aliphatic carbocycles. The van der Waals surface area contributed by atoms with E-state index in [2.05, 4.69) is 16.9 Å².